The summed E-state index contributed by atoms with van der Waals surface area (Å²) in [5, 5.41) is 0. The molecule has 0 radical (unpaired) electrons. The highest BCUT2D eigenvalue weighted by Gasteiger charge is 2.35. The lowest BCUT2D eigenvalue weighted by Crippen LogP contribution is -2.53. The van der Waals surface area contributed by atoms with E-state index in [1.807, 2.05) is 50.2 Å². The molecule has 0 saturated heterocycles. The molecule has 2 aromatic rings. The number of benzene rings is 2. The molecule has 0 aromatic heterocycles. The Balaban J connectivity index is 2.23. The van der Waals surface area contributed by atoms with Gasteiger partial charge in [-0.25, -0.2) is 0 Å². The van der Waals surface area contributed by atoms with Crippen LogP contribution in [-0.4, -0.2) is 12.5 Å². The van der Waals surface area contributed by atoms with Crippen molar-refractivity contribution in [1.82, 2.24) is 0 Å². The SMILES string of the molecule is Cc1ccc(OCC(N)(C(N)=O)c2ccccc2)c(C)c1. The first-order chi connectivity index (χ1) is 9.93. The first kappa shape index (κ1) is 15.1. The number of ether oxygens (including phenoxy) is 1. The molecule has 1 unspecified atom stereocenters. The van der Waals surface area contributed by atoms with Crippen molar-refractivity contribution in [2.45, 2.75) is 19.4 Å². The van der Waals surface area contributed by atoms with Gasteiger partial charge < -0.3 is 16.2 Å². The predicted molar refractivity (Wildman–Crippen MR) is 82.9 cm³/mol. The molecule has 0 fully saturated rings. The average Bonchev–Trinajstić information content (AvgIpc) is 2.46. The zero-order valence-corrected chi connectivity index (χ0v) is 12.3. The van der Waals surface area contributed by atoms with Gasteiger partial charge in [0.25, 0.3) is 0 Å². The summed E-state index contributed by atoms with van der Waals surface area (Å²) >= 11 is 0. The van der Waals surface area contributed by atoms with Crippen molar-refractivity contribution in [2.24, 2.45) is 11.5 Å². The molecule has 4 heteroatoms. The number of nitrogens with two attached hydrogens (primary N) is 2. The number of hydrogen-bond donors (Lipinski definition) is 2. The second-order valence-electron chi connectivity index (χ2n) is 5.26. The van der Waals surface area contributed by atoms with Gasteiger partial charge in [-0.3, -0.25) is 4.79 Å². The second-order valence-corrected chi connectivity index (χ2v) is 5.26. The summed E-state index contributed by atoms with van der Waals surface area (Å²) in [7, 11) is 0. The molecule has 0 aliphatic heterocycles. The highest BCUT2D eigenvalue weighted by molar-refractivity contribution is 5.86. The molecule has 0 heterocycles. The Kier molecular flexibility index (Phi) is 4.29. The van der Waals surface area contributed by atoms with E-state index in [0.29, 0.717) is 11.3 Å². The van der Waals surface area contributed by atoms with E-state index in [-0.39, 0.29) is 6.61 Å². The Morgan fingerprint density at radius 2 is 1.81 bits per heavy atom. The van der Waals surface area contributed by atoms with Crippen molar-refractivity contribution in [3.63, 3.8) is 0 Å². The Hall–Kier alpha value is -2.33. The first-order valence-corrected chi connectivity index (χ1v) is 6.78. The van der Waals surface area contributed by atoms with E-state index in [1.54, 1.807) is 12.1 Å². The molecular weight excluding hydrogens is 264 g/mol. The van der Waals surface area contributed by atoms with Crippen molar-refractivity contribution in [1.29, 1.82) is 0 Å². The van der Waals surface area contributed by atoms with Crippen LogP contribution in [0.25, 0.3) is 0 Å². The lowest BCUT2D eigenvalue weighted by atomic mass is 9.91. The molecule has 1 atom stereocenters. The Morgan fingerprint density at radius 1 is 1.14 bits per heavy atom. The molecule has 4 N–H and O–H groups in total. The Labute approximate surface area is 124 Å². The third-order valence-corrected chi connectivity index (χ3v) is 3.51. The van der Waals surface area contributed by atoms with E-state index in [1.165, 1.54) is 0 Å². The number of primary amides is 1. The summed E-state index contributed by atoms with van der Waals surface area (Å²) in [4.78, 5) is 11.8. The number of rotatable bonds is 5. The maximum absolute atomic E-state index is 11.8. The minimum absolute atomic E-state index is 0.00372. The summed E-state index contributed by atoms with van der Waals surface area (Å²) in [5.41, 5.74) is 13.1. The summed E-state index contributed by atoms with van der Waals surface area (Å²) in [6, 6.07) is 14.9. The maximum atomic E-state index is 11.8. The van der Waals surface area contributed by atoms with E-state index in [0.717, 1.165) is 11.1 Å². The molecule has 0 bridgehead atoms. The molecule has 0 saturated carbocycles. The monoisotopic (exact) mass is 284 g/mol. The van der Waals surface area contributed by atoms with E-state index in [9.17, 15) is 4.79 Å². The van der Waals surface area contributed by atoms with Gasteiger partial charge in [-0.2, -0.15) is 0 Å². The van der Waals surface area contributed by atoms with E-state index in [4.69, 9.17) is 16.2 Å². The topological polar surface area (TPSA) is 78.3 Å². The van der Waals surface area contributed by atoms with Crippen LogP contribution in [0.15, 0.2) is 48.5 Å². The van der Waals surface area contributed by atoms with Crippen LogP contribution in [0.4, 0.5) is 0 Å². The van der Waals surface area contributed by atoms with Crippen LogP contribution in [-0.2, 0) is 10.3 Å². The molecular formula is C17H20N2O2. The van der Waals surface area contributed by atoms with Gasteiger partial charge in [-0.15, -0.1) is 0 Å². The summed E-state index contributed by atoms with van der Waals surface area (Å²) in [6.45, 7) is 3.96. The van der Waals surface area contributed by atoms with Gasteiger partial charge in [-0.05, 0) is 31.0 Å². The fourth-order valence-electron chi connectivity index (χ4n) is 2.19. The van der Waals surface area contributed by atoms with Crippen LogP contribution in [0.1, 0.15) is 16.7 Å². The van der Waals surface area contributed by atoms with Crippen molar-refractivity contribution in [3.05, 3.63) is 65.2 Å². The molecule has 4 nitrogen and oxygen atoms in total. The molecule has 0 aliphatic rings. The normalized spacial score (nSPS) is 13.5. The predicted octanol–water partition coefficient (Wildman–Crippen LogP) is 2.02. The fourth-order valence-corrected chi connectivity index (χ4v) is 2.19. The first-order valence-electron chi connectivity index (χ1n) is 6.78. The van der Waals surface area contributed by atoms with Crippen LogP contribution >= 0.6 is 0 Å². The fraction of sp³-hybridized carbons (Fsp3) is 0.235. The molecule has 2 rings (SSSR count). The molecule has 1 amide bonds. The summed E-state index contributed by atoms with van der Waals surface area (Å²) in [5.74, 6) is 0.0890. The second kappa shape index (κ2) is 5.97. The highest BCUT2D eigenvalue weighted by atomic mass is 16.5. The van der Waals surface area contributed by atoms with Crippen molar-refractivity contribution >= 4 is 5.91 Å². The summed E-state index contributed by atoms with van der Waals surface area (Å²) in [6.07, 6.45) is 0. The standard InChI is InChI=1S/C17H20N2O2/c1-12-8-9-15(13(2)10-12)21-11-17(19,16(18)20)14-6-4-3-5-7-14/h3-10H,11,19H2,1-2H3,(H2,18,20). The smallest absolute Gasteiger partial charge is 0.245 e. The third kappa shape index (κ3) is 3.23. The highest BCUT2D eigenvalue weighted by Crippen LogP contribution is 2.23. The maximum Gasteiger partial charge on any atom is 0.245 e. The molecule has 2 aromatic carbocycles. The molecule has 21 heavy (non-hydrogen) atoms. The zero-order chi connectivity index (χ0) is 15.5. The van der Waals surface area contributed by atoms with Gasteiger partial charge >= 0.3 is 0 Å². The van der Waals surface area contributed by atoms with Gasteiger partial charge in [-0.1, -0.05) is 48.0 Å². The number of carbonyl (C=O) groups excluding carboxylic acids is 1. The lowest BCUT2D eigenvalue weighted by molar-refractivity contribution is -0.124. The van der Waals surface area contributed by atoms with E-state index in [2.05, 4.69) is 0 Å². The zero-order valence-electron chi connectivity index (χ0n) is 12.3. The minimum Gasteiger partial charge on any atom is -0.490 e. The van der Waals surface area contributed by atoms with Crippen LogP contribution in [0.2, 0.25) is 0 Å². The van der Waals surface area contributed by atoms with Crippen molar-refractivity contribution in [3.8, 4) is 5.75 Å². The summed E-state index contributed by atoms with van der Waals surface area (Å²) < 4.78 is 5.75. The number of aryl methyl sites for hydroxylation is 2. The lowest BCUT2D eigenvalue weighted by Gasteiger charge is -2.26. The number of amides is 1. The van der Waals surface area contributed by atoms with Gasteiger partial charge in [0.1, 0.15) is 12.4 Å². The van der Waals surface area contributed by atoms with E-state index >= 15 is 0 Å². The van der Waals surface area contributed by atoms with Gasteiger partial charge in [0.15, 0.2) is 5.54 Å². The number of hydrogen-bond acceptors (Lipinski definition) is 3. The quantitative estimate of drug-likeness (QED) is 0.881. The van der Waals surface area contributed by atoms with Crippen LogP contribution in [0.3, 0.4) is 0 Å². The van der Waals surface area contributed by atoms with Crippen molar-refractivity contribution in [2.75, 3.05) is 6.61 Å². The largest absolute Gasteiger partial charge is 0.490 e. The van der Waals surface area contributed by atoms with Crippen LogP contribution in [0.5, 0.6) is 5.75 Å². The minimum atomic E-state index is -1.35. The Bertz CT molecular complexity index is 640. The van der Waals surface area contributed by atoms with Crippen molar-refractivity contribution < 1.29 is 9.53 Å². The Morgan fingerprint density at radius 3 is 2.38 bits per heavy atom. The van der Waals surface area contributed by atoms with Gasteiger partial charge in [0.05, 0.1) is 0 Å². The number of carbonyl (C=O) groups is 1. The third-order valence-electron chi connectivity index (χ3n) is 3.51. The van der Waals surface area contributed by atoms with E-state index < -0.39 is 11.4 Å². The van der Waals surface area contributed by atoms with Crippen LogP contribution < -0.4 is 16.2 Å². The molecule has 110 valence electrons. The molecule has 0 spiro atoms. The van der Waals surface area contributed by atoms with Gasteiger partial charge in [0, 0.05) is 0 Å². The molecule has 0 aliphatic carbocycles. The average molecular weight is 284 g/mol. The van der Waals surface area contributed by atoms with Crippen LogP contribution in [0, 0.1) is 13.8 Å². The van der Waals surface area contributed by atoms with Gasteiger partial charge in [0.2, 0.25) is 5.91 Å².